The van der Waals surface area contributed by atoms with Gasteiger partial charge in [-0.05, 0) is 24.3 Å². The summed E-state index contributed by atoms with van der Waals surface area (Å²) in [6.45, 7) is 0. The Kier molecular flexibility index (Phi) is 2.30. The first-order valence-corrected chi connectivity index (χ1v) is 5.45. The average molecular weight is 238 g/mol. The Balaban J connectivity index is 2.23. The van der Waals surface area contributed by atoms with E-state index in [-0.39, 0.29) is 0 Å². The summed E-state index contributed by atoms with van der Waals surface area (Å²) in [4.78, 5) is 23.0. The summed E-state index contributed by atoms with van der Waals surface area (Å²) < 4.78 is 0. The number of H-pyrrole nitrogens is 1. The van der Waals surface area contributed by atoms with Gasteiger partial charge in [0.2, 0.25) is 0 Å². The van der Waals surface area contributed by atoms with E-state index in [0.29, 0.717) is 16.9 Å². The van der Waals surface area contributed by atoms with Crippen LogP contribution in [0.3, 0.4) is 0 Å². The van der Waals surface area contributed by atoms with E-state index in [9.17, 15) is 4.79 Å². The number of rotatable bonds is 2. The first-order valence-electron chi connectivity index (χ1n) is 5.45. The highest BCUT2D eigenvalue weighted by Crippen LogP contribution is 2.21. The van der Waals surface area contributed by atoms with Gasteiger partial charge in [0.25, 0.3) is 5.91 Å². The standard InChI is InChI=1S/C13H10N4O/c14-12(18)8-4-3-6-9-11(8)17-13(16-9)10-5-1-2-7-15-10/h1-7H,(H2,14,18)(H,16,17). The van der Waals surface area contributed by atoms with Crippen molar-refractivity contribution >= 4 is 16.9 Å². The second-order valence-corrected chi connectivity index (χ2v) is 3.87. The van der Waals surface area contributed by atoms with Gasteiger partial charge in [0.1, 0.15) is 11.2 Å². The molecule has 3 aromatic rings. The molecular weight excluding hydrogens is 228 g/mol. The van der Waals surface area contributed by atoms with Crippen LogP contribution in [0.2, 0.25) is 0 Å². The molecule has 1 aromatic carbocycles. The van der Waals surface area contributed by atoms with Gasteiger partial charge in [-0.1, -0.05) is 12.1 Å². The summed E-state index contributed by atoms with van der Waals surface area (Å²) in [6, 6.07) is 10.8. The number of fused-ring (bicyclic) bond motifs is 1. The van der Waals surface area contributed by atoms with Gasteiger partial charge in [-0.3, -0.25) is 9.78 Å². The Labute approximate surface area is 103 Å². The number of aromatic nitrogens is 3. The number of hydrogen-bond donors (Lipinski definition) is 2. The van der Waals surface area contributed by atoms with Crippen molar-refractivity contribution in [1.29, 1.82) is 0 Å². The van der Waals surface area contributed by atoms with Crippen molar-refractivity contribution in [3.8, 4) is 11.5 Å². The van der Waals surface area contributed by atoms with E-state index < -0.39 is 5.91 Å². The van der Waals surface area contributed by atoms with Crippen molar-refractivity contribution in [3.63, 3.8) is 0 Å². The molecule has 0 aliphatic heterocycles. The molecule has 0 atom stereocenters. The van der Waals surface area contributed by atoms with E-state index in [1.807, 2.05) is 24.3 Å². The average Bonchev–Trinajstić information content (AvgIpc) is 2.83. The van der Waals surface area contributed by atoms with Crippen molar-refractivity contribution in [1.82, 2.24) is 15.0 Å². The number of nitrogens with zero attached hydrogens (tertiary/aromatic N) is 2. The molecule has 0 saturated carbocycles. The van der Waals surface area contributed by atoms with Crippen LogP contribution in [0.4, 0.5) is 0 Å². The lowest BCUT2D eigenvalue weighted by Gasteiger charge is -1.94. The van der Waals surface area contributed by atoms with Gasteiger partial charge in [0.15, 0.2) is 5.82 Å². The minimum Gasteiger partial charge on any atom is -0.366 e. The lowest BCUT2D eigenvalue weighted by molar-refractivity contribution is 0.100. The molecule has 5 nitrogen and oxygen atoms in total. The number of pyridine rings is 1. The fraction of sp³-hybridized carbons (Fsp3) is 0. The second kappa shape index (κ2) is 3.96. The number of para-hydroxylation sites is 1. The summed E-state index contributed by atoms with van der Waals surface area (Å²) in [5.74, 6) is 0.138. The van der Waals surface area contributed by atoms with E-state index in [2.05, 4.69) is 15.0 Å². The fourth-order valence-electron chi connectivity index (χ4n) is 1.86. The molecule has 3 rings (SSSR count). The van der Waals surface area contributed by atoms with Crippen molar-refractivity contribution in [2.45, 2.75) is 0 Å². The Morgan fingerprint density at radius 1 is 1.17 bits per heavy atom. The predicted molar refractivity (Wildman–Crippen MR) is 67.8 cm³/mol. The zero-order valence-corrected chi connectivity index (χ0v) is 9.42. The number of carbonyl (C=O) groups is 1. The molecule has 0 aliphatic rings. The monoisotopic (exact) mass is 238 g/mol. The highest BCUT2D eigenvalue weighted by atomic mass is 16.1. The van der Waals surface area contributed by atoms with Crippen LogP contribution in [0.15, 0.2) is 42.6 Å². The summed E-state index contributed by atoms with van der Waals surface area (Å²) in [5, 5.41) is 0. The van der Waals surface area contributed by atoms with Crippen LogP contribution >= 0.6 is 0 Å². The minimum absolute atomic E-state index is 0.408. The number of carbonyl (C=O) groups excluding carboxylic acids is 1. The quantitative estimate of drug-likeness (QED) is 0.712. The van der Waals surface area contributed by atoms with Crippen LogP contribution in [0.25, 0.3) is 22.6 Å². The number of nitrogens with two attached hydrogens (primary N) is 1. The lowest BCUT2D eigenvalue weighted by atomic mass is 10.2. The Bertz CT molecular complexity index is 718. The topological polar surface area (TPSA) is 84.7 Å². The van der Waals surface area contributed by atoms with Crippen molar-refractivity contribution < 1.29 is 4.79 Å². The zero-order valence-electron chi connectivity index (χ0n) is 9.42. The maximum Gasteiger partial charge on any atom is 0.250 e. The van der Waals surface area contributed by atoms with E-state index in [4.69, 9.17) is 5.73 Å². The largest absolute Gasteiger partial charge is 0.366 e. The maximum atomic E-state index is 11.3. The summed E-state index contributed by atoms with van der Waals surface area (Å²) in [7, 11) is 0. The molecule has 1 amide bonds. The summed E-state index contributed by atoms with van der Waals surface area (Å²) in [6.07, 6.45) is 1.69. The summed E-state index contributed by atoms with van der Waals surface area (Å²) >= 11 is 0. The number of benzene rings is 1. The van der Waals surface area contributed by atoms with Crippen LogP contribution in [-0.4, -0.2) is 20.9 Å². The van der Waals surface area contributed by atoms with Gasteiger partial charge in [0.05, 0.1) is 11.1 Å². The molecule has 88 valence electrons. The molecule has 0 aliphatic carbocycles. The van der Waals surface area contributed by atoms with Crippen LogP contribution in [0.1, 0.15) is 10.4 Å². The van der Waals surface area contributed by atoms with Crippen LogP contribution < -0.4 is 5.73 Å². The zero-order chi connectivity index (χ0) is 12.5. The number of hydrogen-bond acceptors (Lipinski definition) is 3. The van der Waals surface area contributed by atoms with Crippen molar-refractivity contribution in [3.05, 3.63) is 48.2 Å². The van der Waals surface area contributed by atoms with Gasteiger partial charge in [-0.15, -0.1) is 0 Å². The fourth-order valence-corrected chi connectivity index (χ4v) is 1.86. The Morgan fingerprint density at radius 3 is 2.78 bits per heavy atom. The van der Waals surface area contributed by atoms with E-state index in [1.54, 1.807) is 18.3 Å². The first kappa shape index (κ1) is 10.5. The smallest absolute Gasteiger partial charge is 0.250 e. The molecule has 18 heavy (non-hydrogen) atoms. The number of amides is 1. The van der Waals surface area contributed by atoms with E-state index >= 15 is 0 Å². The highest BCUT2D eigenvalue weighted by molar-refractivity contribution is 6.04. The van der Waals surface area contributed by atoms with Crippen molar-refractivity contribution in [2.24, 2.45) is 5.73 Å². The molecule has 3 N–H and O–H groups in total. The number of aromatic amines is 1. The maximum absolute atomic E-state index is 11.3. The Hall–Kier alpha value is -2.69. The molecule has 0 fully saturated rings. The normalized spacial score (nSPS) is 10.7. The molecular formula is C13H10N4O. The molecule has 0 unspecified atom stereocenters. The van der Waals surface area contributed by atoms with Gasteiger partial charge in [-0.25, -0.2) is 4.98 Å². The second-order valence-electron chi connectivity index (χ2n) is 3.87. The van der Waals surface area contributed by atoms with Crippen LogP contribution in [-0.2, 0) is 0 Å². The van der Waals surface area contributed by atoms with Crippen LogP contribution in [0, 0.1) is 0 Å². The predicted octanol–water partition coefficient (Wildman–Crippen LogP) is 1.72. The van der Waals surface area contributed by atoms with Gasteiger partial charge < -0.3 is 10.7 Å². The molecule has 2 heterocycles. The van der Waals surface area contributed by atoms with E-state index in [0.717, 1.165) is 11.2 Å². The SMILES string of the molecule is NC(=O)c1cccc2[nH]c(-c3ccccn3)nc12. The highest BCUT2D eigenvalue weighted by Gasteiger charge is 2.12. The lowest BCUT2D eigenvalue weighted by Crippen LogP contribution is -2.11. The number of primary amides is 1. The third kappa shape index (κ3) is 1.62. The third-order valence-electron chi connectivity index (χ3n) is 2.69. The third-order valence-corrected chi connectivity index (χ3v) is 2.69. The molecule has 0 radical (unpaired) electrons. The first-order chi connectivity index (χ1) is 8.75. The van der Waals surface area contributed by atoms with Gasteiger partial charge in [-0.2, -0.15) is 0 Å². The van der Waals surface area contributed by atoms with Crippen molar-refractivity contribution in [2.75, 3.05) is 0 Å². The molecule has 5 heteroatoms. The number of nitrogens with one attached hydrogen (secondary N) is 1. The number of imidazole rings is 1. The molecule has 0 spiro atoms. The van der Waals surface area contributed by atoms with Gasteiger partial charge in [0, 0.05) is 6.20 Å². The Morgan fingerprint density at radius 2 is 2.06 bits per heavy atom. The minimum atomic E-state index is -0.486. The molecule has 2 aromatic heterocycles. The van der Waals surface area contributed by atoms with E-state index in [1.165, 1.54) is 0 Å². The molecule has 0 saturated heterocycles. The summed E-state index contributed by atoms with van der Waals surface area (Å²) in [5.41, 5.74) is 7.80. The van der Waals surface area contributed by atoms with Gasteiger partial charge >= 0.3 is 0 Å². The van der Waals surface area contributed by atoms with Crippen LogP contribution in [0.5, 0.6) is 0 Å². The molecule has 0 bridgehead atoms.